The number of hydrazine groups is 1. The molecule has 3 atom stereocenters. The summed E-state index contributed by atoms with van der Waals surface area (Å²) in [6.45, 7) is 0.494. The minimum Gasteiger partial charge on any atom is -0.475 e. The fraction of sp³-hybridized carbons (Fsp3) is 0.667. The fourth-order valence-electron chi connectivity index (χ4n) is 2.26. The number of carbonyl (C=O) groups is 4. The summed E-state index contributed by atoms with van der Waals surface area (Å²) in [7, 11) is 0. The van der Waals surface area contributed by atoms with Crippen LogP contribution in [-0.2, 0) is 19.2 Å². The number of nitrogens with two attached hydrogens (primary N) is 2. The second-order valence-corrected chi connectivity index (χ2v) is 6.90. The summed E-state index contributed by atoms with van der Waals surface area (Å²) in [5.74, 6) is -7.00. The molecule has 0 bridgehead atoms. The van der Waals surface area contributed by atoms with Crippen LogP contribution in [-0.4, -0.2) is 88.5 Å². The van der Waals surface area contributed by atoms with Crippen LogP contribution in [0.3, 0.4) is 0 Å². The predicted octanol–water partition coefficient (Wildman–Crippen LogP) is -0.860. The maximum absolute atomic E-state index is 12.1. The van der Waals surface area contributed by atoms with Crippen molar-refractivity contribution in [2.75, 3.05) is 13.1 Å². The van der Waals surface area contributed by atoms with E-state index in [4.69, 9.17) is 36.8 Å². The molecular weight excluding hydrogens is 562 g/mol. The molecular formula is C15H22F6N10O8. The Bertz CT molecular complexity index is 930. The third kappa shape index (κ3) is 18.3. The SMILES string of the molecule is O=C(O)C(F)(F)F.O=C(O)C(F)(F)F.[N-]=[N+]=N[C@@H]1CN[C@@H](C(=O)N[C@H](CCCN=C(N)N[N+](=O)[O-])C(N)=O)C1. The van der Waals surface area contributed by atoms with E-state index in [1.165, 1.54) is 0 Å². The van der Waals surface area contributed by atoms with E-state index in [0.29, 0.717) is 19.4 Å². The van der Waals surface area contributed by atoms with E-state index in [0.717, 1.165) is 0 Å². The molecule has 0 radical (unpaired) electrons. The highest BCUT2D eigenvalue weighted by atomic mass is 19.4. The molecule has 9 N–H and O–H groups in total. The summed E-state index contributed by atoms with van der Waals surface area (Å²) in [4.78, 5) is 57.9. The van der Waals surface area contributed by atoms with Crippen LogP contribution >= 0.6 is 0 Å². The Morgan fingerprint density at radius 1 is 1.13 bits per heavy atom. The van der Waals surface area contributed by atoms with Crippen molar-refractivity contribution in [3.8, 4) is 0 Å². The van der Waals surface area contributed by atoms with Crippen molar-refractivity contribution in [2.45, 2.75) is 49.7 Å². The summed E-state index contributed by atoms with van der Waals surface area (Å²) in [5.41, 5.74) is 20.6. The maximum Gasteiger partial charge on any atom is 0.490 e. The number of nitro groups is 1. The summed E-state index contributed by atoms with van der Waals surface area (Å²) < 4.78 is 63.5. The molecule has 0 aromatic carbocycles. The molecule has 1 aliphatic heterocycles. The van der Waals surface area contributed by atoms with Crippen molar-refractivity contribution >= 4 is 29.7 Å². The number of halogens is 6. The number of aliphatic imine (C=N–C) groups is 1. The Kier molecular flexibility index (Phi) is 15.9. The van der Waals surface area contributed by atoms with Gasteiger partial charge in [0.05, 0.1) is 12.1 Å². The smallest absolute Gasteiger partial charge is 0.475 e. The van der Waals surface area contributed by atoms with Crippen LogP contribution in [0.1, 0.15) is 19.3 Å². The Morgan fingerprint density at radius 3 is 2.00 bits per heavy atom. The van der Waals surface area contributed by atoms with Crippen LogP contribution < -0.4 is 27.5 Å². The summed E-state index contributed by atoms with van der Waals surface area (Å²) in [6, 6.07) is -1.80. The van der Waals surface area contributed by atoms with Gasteiger partial charge in [0.25, 0.3) is 5.96 Å². The number of carbonyl (C=O) groups excluding carboxylic acids is 2. The number of primary amides is 1. The van der Waals surface area contributed by atoms with Gasteiger partial charge in [-0.2, -0.15) is 26.3 Å². The molecule has 0 unspecified atom stereocenters. The molecule has 0 aromatic rings. The zero-order valence-corrected chi connectivity index (χ0v) is 19.3. The van der Waals surface area contributed by atoms with Gasteiger partial charge in [0.15, 0.2) is 5.03 Å². The maximum atomic E-state index is 12.1. The first-order chi connectivity index (χ1) is 17.7. The van der Waals surface area contributed by atoms with Crippen LogP contribution in [0.5, 0.6) is 0 Å². The number of nitrogens with one attached hydrogen (secondary N) is 3. The molecule has 1 heterocycles. The van der Waals surface area contributed by atoms with Gasteiger partial charge in [0, 0.05) is 18.0 Å². The van der Waals surface area contributed by atoms with E-state index in [1.807, 2.05) is 0 Å². The Labute approximate surface area is 212 Å². The van der Waals surface area contributed by atoms with Gasteiger partial charge in [-0.1, -0.05) is 10.5 Å². The molecule has 24 heteroatoms. The van der Waals surface area contributed by atoms with Crippen molar-refractivity contribution in [2.24, 2.45) is 21.6 Å². The number of carboxylic acid groups (broad SMARTS) is 2. The number of hydrogen-bond acceptors (Lipinski definition) is 9. The second-order valence-electron chi connectivity index (χ2n) is 6.90. The highest BCUT2D eigenvalue weighted by molar-refractivity contribution is 5.89. The molecule has 1 saturated heterocycles. The molecule has 0 aliphatic carbocycles. The monoisotopic (exact) mass is 584 g/mol. The van der Waals surface area contributed by atoms with E-state index in [9.17, 15) is 46.0 Å². The number of carboxylic acids is 2. The molecule has 0 spiro atoms. The van der Waals surface area contributed by atoms with Crippen LogP contribution in [0.2, 0.25) is 0 Å². The molecule has 18 nitrogen and oxygen atoms in total. The first-order valence-corrected chi connectivity index (χ1v) is 9.90. The molecule has 2 amide bonds. The number of guanidine groups is 1. The minimum absolute atomic E-state index is 0.118. The molecule has 1 fully saturated rings. The van der Waals surface area contributed by atoms with Gasteiger partial charge in [0.2, 0.25) is 11.8 Å². The largest absolute Gasteiger partial charge is 0.490 e. The molecule has 39 heavy (non-hydrogen) atoms. The topological polar surface area (TPSA) is 301 Å². The predicted molar refractivity (Wildman–Crippen MR) is 114 cm³/mol. The lowest BCUT2D eigenvalue weighted by molar-refractivity contribution is -0.525. The van der Waals surface area contributed by atoms with E-state index in [1.54, 1.807) is 5.43 Å². The molecule has 222 valence electrons. The van der Waals surface area contributed by atoms with Crippen molar-refractivity contribution in [1.29, 1.82) is 0 Å². The van der Waals surface area contributed by atoms with Crippen LogP contribution in [0.15, 0.2) is 10.1 Å². The quantitative estimate of drug-likeness (QED) is 0.0201. The van der Waals surface area contributed by atoms with E-state index >= 15 is 0 Å². The first kappa shape index (κ1) is 36.6. The highest BCUT2D eigenvalue weighted by Gasteiger charge is 2.39. The van der Waals surface area contributed by atoms with Gasteiger partial charge in [-0.25, -0.2) is 24.7 Å². The lowest BCUT2D eigenvalue weighted by Crippen LogP contribution is -2.50. The first-order valence-electron chi connectivity index (χ1n) is 9.90. The number of aliphatic carboxylic acids is 2. The minimum atomic E-state index is -5.08. The van der Waals surface area contributed by atoms with Crippen LogP contribution in [0.25, 0.3) is 10.4 Å². The van der Waals surface area contributed by atoms with Crippen molar-refractivity contribution in [1.82, 2.24) is 16.1 Å². The number of alkyl halides is 6. The van der Waals surface area contributed by atoms with E-state index < -0.39 is 53.2 Å². The second kappa shape index (κ2) is 17.0. The van der Waals surface area contributed by atoms with Crippen LogP contribution in [0, 0.1) is 10.1 Å². The average Bonchev–Trinajstić information content (AvgIpc) is 3.23. The lowest BCUT2D eigenvalue weighted by atomic mass is 10.1. The lowest BCUT2D eigenvalue weighted by Gasteiger charge is -2.18. The normalized spacial score (nSPS) is 17.5. The van der Waals surface area contributed by atoms with Gasteiger partial charge < -0.3 is 32.3 Å². The van der Waals surface area contributed by atoms with Gasteiger partial charge in [0.1, 0.15) is 6.04 Å². The van der Waals surface area contributed by atoms with Gasteiger partial charge >= 0.3 is 24.3 Å². The van der Waals surface area contributed by atoms with E-state index in [-0.39, 0.29) is 25.0 Å². The molecule has 1 rings (SSSR count). The number of amides is 2. The Morgan fingerprint density at radius 2 is 1.62 bits per heavy atom. The van der Waals surface area contributed by atoms with Crippen molar-refractivity contribution in [3.63, 3.8) is 0 Å². The third-order valence-electron chi connectivity index (χ3n) is 3.92. The van der Waals surface area contributed by atoms with Crippen molar-refractivity contribution in [3.05, 3.63) is 20.6 Å². The van der Waals surface area contributed by atoms with Gasteiger partial charge in [-0.15, -0.1) is 0 Å². The van der Waals surface area contributed by atoms with E-state index in [2.05, 4.69) is 25.7 Å². The number of azide groups is 1. The standard InChI is InChI=1S/C11H20N10O4.2C2HF3O2/c12-9(22)7(2-1-3-15-11(13)19-21(24)25)17-10(23)8-4-6(5-16-8)18-20-14;2*3-2(4,5)1(6)7/h6-8,16H,1-5H2,(H2,12,22)(H,17,23)(H3,13,15,19);2*(H,6,7)/t6-,7+,8+;;/m0../s1. The Balaban J connectivity index is 0. The van der Waals surface area contributed by atoms with Crippen molar-refractivity contribution < 1.29 is 60.8 Å². The fourth-order valence-corrected chi connectivity index (χ4v) is 2.26. The number of nitrogens with zero attached hydrogens (tertiary/aromatic N) is 5. The summed E-state index contributed by atoms with van der Waals surface area (Å²) >= 11 is 0. The highest BCUT2D eigenvalue weighted by Crippen LogP contribution is 2.14. The molecule has 1 aliphatic rings. The zero-order chi connectivity index (χ0) is 31.0. The Hall–Kier alpha value is -4.60. The third-order valence-corrected chi connectivity index (χ3v) is 3.92. The van der Waals surface area contributed by atoms with Gasteiger partial charge in [-0.05, 0) is 24.8 Å². The molecule has 0 aromatic heterocycles. The van der Waals surface area contributed by atoms with Crippen LogP contribution in [0.4, 0.5) is 26.3 Å². The number of rotatable bonds is 9. The number of hydrogen-bond donors (Lipinski definition) is 7. The average molecular weight is 584 g/mol. The zero-order valence-electron chi connectivity index (χ0n) is 19.3. The van der Waals surface area contributed by atoms with Gasteiger partial charge in [-0.3, -0.25) is 9.59 Å². The summed E-state index contributed by atoms with van der Waals surface area (Å²) in [5, 5.41) is 32.5. The summed E-state index contributed by atoms with van der Waals surface area (Å²) in [6.07, 6.45) is -9.31. The molecule has 0 saturated carbocycles.